The van der Waals surface area contributed by atoms with Crippen molar-refractivity contribution in [2.45, 2.75) is 26.3 Å². The van der Waals surface area contributed by atoms with Crippen LogP contribution < -0.4 is 5.32 Å². The van der Waals surface area contributed by atoms with Crippen molar-refractivity contribution in [3.63, 3.8) is 0 Å². The maximum Gasteiger partial charge on any atom is 0.305 e. The molecule has 0 saturated carbocycles. The molecule has 114 valence electrons. The number of rotatable bonds is 5. The SMILES string of the molecule is Cc1cc(C(=O)NC(CC(=O)O)c2ccccn2)cc(C)n1. The topological polar surface area (TPSA) is 92.2 Å². The molecule has 1 unspecified atom stereocenters. The first-order valence-electron chi connectivity index (χ1n) is 6.84. The van der Waals surface area contributed by atoms with Gasteiger partial charge in [-0.25, -0.2) is 0 Å². The number of amides is 1. The third-order valence-corrected chi connectivity index (χ3v) is 3.07. The van der Waals surface area contributed by atoms with E-state index < -0.39 is 12.0 Å². The summed E-state index contributed by atoms with van der Waals surface area (Å²) in [6.07, 6.45) is 1.34. The first-order chi connectivity index (χ1) is 10.5. The molecule has 2 aromatic rings. The molecule has 1 amide bonds. The van der Waals surface area contributed by atoms with Crippen molar-refractivity contribution in [3.8, 4) is 0 Å². The quantitative estimate of drug-likeness (QED) is 0.881. The maximum atomic E-state index is 12.4. The second kappa shape index (κ2) is 6.80. The molecule has 0 saturated heterocycles. The number of carbonyl (C=O) groups is 2. The lowest BCUT2D eigenvalue weighted by Gasteiger charge is -2.16. The van der Waals surface area contributed by atoms with E-state index in [9.17, 15) is 9.59 Å². The van der Waals surface area contributed by atoms with Gasteiger partial charge in [0.1, 0.15) is 0 Å². The minimum atomic E-state index is -1.00. The minimum Gasteiger partial charge on any atom is -0.481 e. The molecule has 0 aliphatic rings. The monoisotopic (exact) mass is 299 g/mol. The molecule has 6 nitrogen and oxygen atoms in total. The number of nitrogens with zero attached hydrogens (tertiary/aromatic N) is 2. The van der Waals surface area contributed by atoms with E-state index in [4.69, 9.17) is 5.11 Å². The first-order valence-corrected chi connectivity index (χ1v) is 6.84. The Morgan fingerprint density at radius 1 is 1.23 bits per heavy atom. The molecule has 0 bridgehead atoms. The highest BCUT2D eigenvalue weighted by Gasteiger charge is 2.20. The van der Waals surface area contributed by atoms with E-state index in [1.165, 1.54) is 0 Å². The largest absolute Gasteiger partial charge is 0.481 e. The van der Waals surface area contributed by atoms with Crippen molar-refractivity contribution in [2.24, 2.45) is 0 Å². The summed E-state index contributed by atoms with van der Waals surface area (Å²) in [4.78, 5) is 31.7. The summed E-state index contributed by atoms with van der Waals surface area (Å²) >= 11 is 0. The zero-order valence-corrected chi connectivity index (χ0v) is 12.4. The van der Waals surface area contributed by atoms with Gasteiger partial charge in [0.25, 0.3) is 5.91 Å². The fourth-order valence-electron chi connectivity index (χ4n) is 2.19. The van der Waals surface area contributed by atoms with Crippen LogP contribution in [0.25, 0.3) is 0 Å². The standard InChI is InChI=1S/C16H17N3O3/c1-10-7-12(8-11(2)18-10)16(22)19-14(9-15(20)21)13-5-3-4-6-17-13/h3-8,14H,9H2,1-2H3,(H,19,22)(H,20,21). The van der Waals surface area contributed by atoms with Crippen molar-refractivity contribution >= 4 is 11.9 Å². The normalized spacial score (nSPS) is 11.7. The second-order valence-electron chi connectivity index (χ2n) is 5.02. The van der Waals surface area contributed by atoms with E-state index in [-0.39, 0.29) is 12.3 Å². The van der Waals surface area contributed by atoms with Crippen molar-refractivity contribution < 1.29 is 14.7 Å². The van der Waals surface area contributed by atoms with E-state index in [0.717, 1.165) is 11.4 Å². The third kappa shape index (κ3) is 4.12. The number of aliphatic carboxylic acids is 1. The number of hydrogen-bond donors (Lipinski definition) is 2. The average Bonchev–Trinajstić information content (AvgIpc) is 2.46. The number of hydrogen-bond acceptors (Lipinski definition) is 4. The van der Waals surface area contributed by atoms with Crippen LogP contribution in [0.4, 0.5) is 0 Å². The minimum absolute atomic E-state index is 0.230. The average molecular weight is 299 g/mol. The number of carboxylic acids is 1. The predicted octanol–water partition coefficient (Wildman–Crippen LogP) is 2.04. The Bertz CT molecular complexity index is 666. The van der Waals surface area contributed by atoms with Gasteiger partial charge in [-0.2, -0.15) is 0 Å². The second-order valence-corrected chi connectivity index (χ2v) is 5.02. The van der Waals surface area contributed by atoms with Gasteiger partial charge in [-0.3, -0.25) is 19.6 Å². The Labute approximate surface area is 128 Å². The summed E-state index contributed by atoms with van der Waals surface area (Å²) in [6, 6.07) is 7.83. The summed E-state index contributed by atoms with van der Waals surface area (Å²) in [6.45, 7) is 3.61. The number of nitrogens with one attached hydrogen (secondary N) is 1. The summed E-state index contributed by atoms with van der Waals surface area (Å²) in [5, 5.41) is 11.8. The first kappa shape index (κ1) is 15.6. The molecular weight excluding hydrogens is 282 g/mol. The Balaban J connectivity index is 2.23. The Morgan fingerprint density at radius 2 is 1.91 bits per heavy atom. The van der Waals surface area contributed by atoms with Crippen LogP contribution in [0.1, 0.15) is 39.9 Å². The molecule has 0 fully saturated rings. The van der Waals surface area contributed by atoms with Crippen LogP contribution in [0.2, 0.25) is 0 Å². The summed E-state index contributed by atoms with van der Waals surface area (Å²) in [7, 11) is 0. The van der Waals surface area contributed by atoms with Gasteiger partial charge < -0.3 is 10.4 Å². The third-order valence-electron chi connectivity index (χ3n) is 3.07. The van der Waals surface area contributed by atoms with E-state index >= 15 is 0 Å². The molecule has 2 N–H and O–H groups in total. The molecular formula is C16H17N3O3. The highest BCUT2D eigenvalue weighted by atomic mass is 16.4. The lowest BCUT2D eigenvalue weighted by Crippen LogP contribution is -2.31. The maximum absolute atomic E-state index is 12.4. The predicted molar refractivity (Wildman–Crippen MR) is 80.4 cm³/mol. The van der Waals surface area contributed by atoms with Gasteiger partial charge in [0, 0.05) is 23.1 Å². The van der Waals surface area contributed by atoms with Crippen LogP contribution in [-0.4, -0.2) is 27.0 Å². The smallest absolute Gasteiger partial charge is 0.305 e. The fraction of sp³-hybridized carbons (Fsp3) is 0.250. The van der Waals surface area contributed by atoms with Crippen LogP contribution in [0.5, 0.6) is 0 Å². The lowest BCUT2D eigenvalue weighted by molar-refractivity contribution is -0.137. The van der Waals surface area contributed by atoms with Crippen LogP contribution in [0.3, 0.4) is 0 Å². The molecule has 0 aromatic carbocycles. The van der Waals surface area contributed by atoms with E-state index in [1.807, 2.05) is 0 Å². The number of aromatic nitrogens is 2. The number of aryl methyl sites for hydroxylation is 2. The summed E-state index contributed by atoms with van der Waals surface area (Å²) in [5.74, 6) is -1.34. The van der Waals surface area contributed by atoms with Gasteiger partial charge >= 0.3 is 5.97 Å². The van der Waals surface area contributed by atoms with Gasteiger partial charge in [0.2, 0.25) is 0 Å². The molecule has 22 heavy (non-hydrogen) atoms. The fourth-order valence-corrected chi connectivity index (χ4v) is 2.19. The van der Waals surface area contributed by atoms with Crippen molar-refractivity contribution in [2.75, 3.05) is 0 Å². The zero-order chi connectivity index (χ0) is 16.1. The number of pyridine rings is 2. The Kier molecular flexibility index (Phi) is 4.83. The molecule has 0 aliphatic heterocycles. The Hall–Kier alpha value is -2.76. The highest BCUT2D eigenvalue weighted by Crippen LogP contribution is 2.15. The van der Waals surface area contributed by atoms with Gasteiger partial charge in [-0.05, 0) is 38.1 Å². The van der Waals surface area contributed by atoms with E-state index in [1.54, 1.807) is 50.4 Å². The molecule has 2 rings (SSSR count). The molecule has 2 aromatic heterocycles. The van der Waals surface area contributed by atoms with Gasteiger partial charge in [-0.1, -0.05) is 6.07 Å². The summed E-state index contributed by atoms with van der Waals surface area (Å²) < 4.78 is 0. The molecule has 6 heteroatoms. The molecule has 0 radical (unpaired) electrons. The number of carbonyl (C=O) groups excluding carboxylic acids is 1. The lowest BCUT2D eigenvalue weighted by atomic mass is 10.1. The van der Waals surface area contributed by atoms with Gasteiger partial charge in [0.15, 0.2) is 0 Å². The van der Waals surface area contributed by atoms with E-state index in [0.29, 0.717) is 11.3 Å². The van der Waals surface area contributed by atoms with Crippen LogP contribution in [0, 0.1) is 13.8 Å². The molecule has 1 atom stereocenters. The highest BCUT2D eigenvalue weighted by molar-refractivity contribution is 5.94. The number of carboxylic acid groups (broad SMARTS) is 1. The van der Waals surface area contributed by atoms with Crippen molar-refractivity contribution in [1.82, 2.24) is 15.3 Å². The van der Waals surface area contributed by atoms with Crippen LogP contribution in [0.15, 0.2) is 36.5 Å². The van der Waals surface area contributed by atoms with Gasteiger partial charge in [0.05, 0.1) is 18.2 Å². The Morgan fingerprint density at radius 3 is 2.45 bits per heavy atom. The van der Waals surface area contributed by atoms with Gasteiger partial charge in [-0.15, -0.1) is 0 Å². The molecule has 2 heterocycles. The van der Waals surface area contributed by atoms with E-state index in [2.05, 4.69) is 15.3 Å². The van der Waals surface area contributed by atoms with Crippen molar-refractivity contribution in [3.05, 3.63) is 59.2 Å². The zero-order valence-electron chi connectivity index (χ0n) is 12.4. The van der Waals surface area contributed by atoms with Crippen LogP contribution in [-0.2, 0) is 4.79 Å². The molecule has 0 spiro atoms. The molecule has 0 aliphatic carbocycles. The summed E-state index contributed by atoms with van der Waals surface area (Å²) in [5.41, 5.74) is 2.44. The van der Waals surface area contributed by atoms with Crippen LogP contribution >= 0.6 is 0 Å². The van der Waals surface area contributed by atoms with Crippen molar-refractivity contribution in [1.29, 1.82) is 0 Å².